The predicted octanol–water partition coefficient (Wildman–Crippen LogP) is 3.35. The summed E-state index contributed by atoms with van der Waals surface area (Å²) in [6, 6.07) is 8.67. The summed E-state index contributed by atoms with van der Waals surface area (Å²) in [7, 11) is 0. The van der Waals surface area contributed by atoms with E-state index in [9.17, 15) is 19.8 Å². The Bertz CT molecular complexity index is 780. The lowest BCUT2D eigenvalue weighted by Gasteiger charge is -2.10. The number of nitrogens with zero attached hydrogens (tertiary/aromatic N) is 1. The maximum absolute atomic E-state index is 12.5. The average molecular weight is 319 g/mol. The van der Waals surface area contributed by atoms with Gasteiger partial charge in [-0.15, -0.1) is 0 Å². The van der Waals surface area contributed by atoms with Crippen molar-refractivity contribution in [1.82, 2.24) is 3.96 Å². The summed E-state index contributed by atoms with van der Waals surface area (Å²) in [5.41, 5.74) is 0.472. The van der Waals surface area contributed by atoms with E-state index in [1.54, 1.807) is 51.1 Å². The van der Waals surface area contributed by atoms with Crippen LogP contribution in [0.1, 0.15) is 34.6 Å². The van der Waals surface area contributed by atoms with Crippen molar-refractivity contribution in [3.05, 3.63) is 62.6 Å². The van der Waals surface area contributed by atoms with Crippen LogP contribution in [-0.4, -0.2) is 20.0 Å². The second kappa shape index (κ2) is 6.19. The van der Waals surface area contributed by atoms with E-state index in [-0.39, 0.29) is 17.4 Å². The molecule has 0 saturated carbocycles. The number of carbonyl (C=O) groups is 1. The highest BCUT2D eigenvalue weighted by molar-refractivity contribution is 7.09. The highest BCUT2D eigenvalue weighted by Gasteiger charge is 2.23. The van der Waals surface area contributed by atoms with E-state index in [1.165, 1.54) is 3.96 Å². The first kappa shape index (κ1) is 16.0. The van der Waals surface area contributed by atoms with Crippen LogP contribution in [0, 0.1) is 12.8 Å². The topological polar surface area (TPSA) is 79.5 Å². The van der Waals surface area contributed by atoms with Gasteiger partial charge in [0.05, 0.1) is 0 Å². The molecule has 0 fully saturated rings. The molecule has 0 radical (unpaired) electrons. The molecule has 2 aromatic rings. The number of hydrogen-bond donors (Lipinski definition) is 2. The van der Waals surface area contributed by atoms with E-state index in [0.717, 1.165) is 11.5 Å². The third kappa shape index (κ3) is 2.82. The molecule has 0 aliphatic rings. The summed E-state index contributed by atoms with van der Waals surface area (Å²) >= 11 is 0.931. The summed E-state index contributed by atoms with van der Waals surface area (Å²) in [6.45, 7) is 5.04. The molecule has 2 N–H and O–H groups in total. The minimum Gasteiger partial charge on any atom is -0.480 e. The Kier molecular flexibility index (Phi) is 4.51. The summed E-state index contributed by atoms with van der Waals surface area (Å²) in [6.07, 6.45) is 0. The fraction of sp³-hybridized carbons (Fsp3) is 0.250. The Hall–Kier alpha value is -2.34. The third-order valence-corrected chi connectivity index (χ3v) is 4.48. The van der Waals surface area contributed by atoms with Gasteiger partial charge in [0.1, 0.15) is 10.6 Å². The molecule has 1 aromatic heterocycles. The van der Waals surface area contributed by atoms with Gasteiger partial charge in [0.15, 0.2) is 0 Å². The van der Waals surface area contributed by atoms with Crippen molar-refractivity contribution in [3.63, 3.8) is 0 Å². The number of aliphatic hydroxyl groups is 2. The SMILES string of the molecule is Cc1c(C(=O)c2ccccc2)sn(C(=C(O)O)C(C)C)c1=O. The number of aliphatic hydroxyl groups excluding tert-OH is 1. The molecule has 0 atom stereocenters. The van der Waals surface area contributed by atoms with Crippen molar-refractivity contribution in [1.29, 1.82) is 0 Å². The Morgan fingerprint density at radius 2 is 1.77 bits per heavy atom. The normalized spacial score (nSPS) is 10.7. The number of benzene rings is 1. The zero-order valence-electron chi connectivity index (χ0n) is 12.5. The van der Waals surface area contributed by atoms with Crippen LogP contribution in [0.25, 0.3) is 5.70 Å². The maximum Gasteiger partial charge on any atom is 0.296 e. The van der Waals surface area contributed by atoms with Crippen LogP contribution in [0.3, 0.4) is 0 Å². The molecule has 0 aliphatic heterocycles. The quantitative estimate of drug-likeness (QED) is 0.669. The van der Waals surface area contributed by atoms with Crippen molar-refractivity contribution in [2.24, 2.45) is 5.92 Å². The molecule has 116 valence electrons. The number of allylic oxidation sites excluding steroid dienone is 1. The highest BCUT2D eigenvalue weighted by atomic mass is 32.1. The highest BCUT2D eigenvalue weighted by Crippen LogP contribution is 2.24. The van der Waals surface area contributed by atoms with E-state index in [1.807, 2.05) is 0 Å². The summed E-state index contributed by atoms with van der Waals surface area (Å²) in [5.74, 6) is -1.43. The third-order valence-electron chi connectivity index (χ3n) is 3.27. The fourth-order valence-corrected chi connectivity index (χ4v) is 3.34. The first-order chi connectivity index (χ1) is 10.3. The van der Waals surface area contributed by atoms with E-state index in [2.05, 4.69) is 0 Å². The fourth-order valence-electron chi connectivity index (χ4n) is 2.13. The van der Waals surface area contributed by atoms with Crippen molar-refractivity contribution in [2.75, 3.05) is 0 Å². The molecular formula is C16H17NO4S. The minimum absolute atomic E-state index is 0.0882. The van der Waals surface area contributed by atoms with Gasteiger partial charge in [-0.25, -0.2) is 3.96 Å². The second-order valence-corrected chi connectivity index (χ2v) is 6.16. The van der Waals surface area contributed by atoms with Crippen molar-refractivity contribution >= 4 is 23.0 Å². The zero-order chi connectivity index (χ0) is 16.4. The van der Waals surface area contributed by atoms with Crippen molar-refractivity contribution in [3.8, 4) is 0 Å². The molecule has 1 heterocycles. The van der Waals surface area contributed by atoms with Crippen molar-refractivity contribution < 1.29 is 15.0 Å². The minimum atomic E-state index is -0.905. The van der Waals surface area contributed by atoms with Crippen LogP contribution in [0.15, 0.2) is 41.1 Å². The number of aromatic nitrogens is 1. The Morgan fingerprint density at radius 1 is 1.18 bits per heavy atom. The second-order valence-electron chi connectivity index (χ2n) is 5.20. The summed E-state index contributed by atoms with van der Waals surface area (Å²) < 4.78 is 1.17. The average Bonchev–Trinajstić information content (AvgIpc) is 2.75. The molecule has 5 nitrogen and oxygen atoms in total. The lowest BCUT2D eigenvalue weighted by Crippen LogP contribution is -2.18. The van der Waals surface area contributed by atoms with Crippen LogP contribution in [0.2, 0.25) is 0 Å². The zero-order valence-corrected chi connectivity index (χ0v) is 13.3. The molecule has 22 heavy (non-hydrogen) atoms. The van der Waals surface area contributed by atoms with Crippen LogP contribution in [-0.2, 0) is 0 Å². The van der Waals surface area contributed by atoms with Gasteiger partial charge < -0.3 is 10.2 Å². The number of ketones is 1. The molecule has 0 spiro atoms. The molecular weight excluding hydrogens is 302 g/mol. The molecule has 1 aromatic carbocycles. The monoisotopic (exact) mass is 319 g/mol. The summed E-state index contributed by atoms with van der Waals surface area (Å²) in [4.78, 5) is 25.2. The molecule has 0 bridgehead atoms. The van der Waals surface area contributed by atoms with Gasteiger partial charge in [0.25, 0.3) is 11.5 Å². The summed E-state index contributed by atoms with van der Waals surface area (Å²) in [5, 5.41) is 18.8. The van der Waals surface area contributed by atoms with Gasteiger partial charge in [0, 0.05) is 17.0 Å². The lowest BCUT2D eigenvalue weighted by atomic mass is 10.1. The van der Waals surface area contributed by atoms with Gasteiger partial charge in [-0.1, -0.05) is 44.2 Å². The predicted molar refractivity (Wildman–Crippen MR) is 86.5 cm³/mol. The number of carbonyl (C=O) groups excluding carboxylic acids is 1. The van der Waals surface area contributed by atoms with Crippen LogP contribution in [0.5, 0.6) is 0 Å². The van der Waals surface area contributed by atoms with Crippen LogP contribution in [0.4, 0.5) is 0 Å². The van der Waals surface area contributed by atoms with Gasteiger partial charge in [0.2, 0.25) is 5.78 Å². The Balaban J connectivity index is 2.59. The van der Waals surface area contributed by atoms with E-state index in [0.29, 0.717) is 16.0 Å². The Morgan fingerprint density at radius 3 is 2.27 bits per heavy atom. The van der Waals surface area contributed by atoms with Crippen LogP contribution < -0.4 is 5.56 Å². The van der Waals surface area contributed by atoms with E-state index in [4.69, 9.17) is 0 Å². The van der Waals surface area contributed by atoms with E-state index < -0.39 is 11.5 Å². The van der Waals surface area contributed by atoms with E-state index >= 15 is 0 Å². The van der Waals surface area contributed by atoms with Crippen molar-refractivity contribution in [2.45, 2.75) is 20.8 Å². The smallest absolute Gasteiger partial charge is 0.296 e. The first-order valence-electron chi connectivity index (χ1n) is 6.79. The standard InChI is InChI=1S/C16H17NO4S/c1-9(2)12(16(20)21)17-15(19)10(3)14(22-17)13(18)11-7-5-4-6-8-11/h4-9,20-21H,1-3H3. The number of hydrogen-bond acceptors (Lipinski definition) is 5. The first-order valence-corrected chi connectivity index (χ1v) is 7.57. The molecule has 0 saturated heterocycles. The van der Waals surface area contributed by atoms with Crippen LogP contribution >= 0.6 is 11.5 Å². The Labute approximate surface area is 131 Å². The molecule has 0 amide bonds. The lowest BCUT2D eigenvalue weighted by molar-refractivity contribution is 0.104. The van der Waals surface area contributed by atoms with Gasteiger partial charge >= 0.3 is 0 Å². The van der Waals surface area contributed by atoms with Gasteiger partial charge in [-0.05, 0) is 18.5 Å². The number of rotatable bonds is 4. The molecule has 0 aliphatic carbocycles. The molecule has 6 heteroatoms. The van der Waals surface area contributed by atoms with Gasteiger partial charge in [-0.3, -0.25) is 9.59 Å². The largest absolute Gasteiger partial charge is 0.480 e. The molecule has 2 rings (SSSR count). The maximum atomic E-state index is 12.5. The van der Waals surface area contributed by atoms with Gasteiger partial charge in [-0.2, -0.15) is 0 Å². The molecule has 0 unspecified atom stereocenters.